The fraction of sp³-hybridized carbons (Fsp3) is 0.158. The number of rotatable bonds is 11. The van der Waals surface area contributed by atoms with E-state index in [1.165, 1.54) is 18.5 Å². The summed E-state index contributed by atoms with van der Waals surface area (Å²) in [5.74, 6) is -0.692. The Labute approximate surface area is 309 Å². The number of carbonyl (C=O) groups excluding carboxylic acids is 5. The third kappa shape index (κ3) is 12.0. The van der Waals surface area contributed by atoms with Gasteiger partial charge in [-0.2, -0.15) is 0 Å². The van der Waals surface area contributed by atoms with E-state index in [4.69, 9.17) is 30.2 Å². The van der Waals surface area contributed by atoms with Crippen LogP contribution in [0.2, 0.25) is 5.02 Å². The van der Waals surface area contributed by atoms with Gasteiger partial charge in [0.1, 0.15) is 0 Å². The van der Waals surface area contributed by atoms with Crippen LogP contribution in [0.15, 0.2) is 108 Å². The first kappa shape index (κ1) is 39.1. The van der Waals surface area contributed by atoms with Crippen molar-refractivity contribution < 1.29 is 42.6 Å². The molecule has 0 aliphatic carbocycles. The Kier molecular flexibility index (Phi) is 14.5. The summed E-state index contributed by atoms with van der Waals surface area (Å²) < 4.78 is 19.9. The second-order valence-electron chi connectivity index (χ2n) is 10.6. The molecule has 0 radical (unpaired) electrons. The quantitative estimate of drug-likeness (QED) is 0.0755. The molecule has 0 aliphatic heterocycles. The van der Waals surface area contributed by atoms with Crippen molar-refractivity contribution in [2.24, 2.45) is 0 Å². The van der Waals surface area contributed by atoms with Crippen molar-refractivity contribution in [1.29, 1.82) is 0 Å². The molecule has 0 aliphatic rings. The highest BCUT2D eigenvalue weighted by Gasteiger charge is 2.13. The van der Waals surface area contributed by atoms with Crippen LogP contribution in [-0.4, -0.2) is 54.8 Å². The number of anilines is 4. The number of halogens is 1. The number of benzene rings is 4. The van der Waals surface area contributed by atoms with Gasteiger partial charge in [-0.25, -0.2) is 29.0 Å². The van der Waals surface area contributed by atoms with Gasteiger partial charge < -0.3 is 39.9 Å². The summed E-state index contributed by atoms with van der Waals surface area (Å²) in [6.45, 7) is 6.02. The fourth-order valence-corrected chi connectivity index (χ4v) is 4.70. The maximum Gasteiger partial charge on any atom is 0.339 e. The molecule has 0 unspecified atom stereocenters. The molecule has 15 heteroatoms. The summed E-state index contributed by atoms with van der Waals surface area (Å²) in [6.07, 6.45) is 2.98. The minimum atomic E-state index is -0.528. The molecule has 5 rings (SSSR count). The molecule has 4 aromatic carbocycles. The van der Waals surface area contributed by atoms with Crippen LogP contribution in [0, 0.1) is 0 Å². The third-order valence-electron chi connectivity index (χ3n) is 6.89. The number of carbonyl (C=O) groups is 5. The first-order chi connectivity index (χ1) is 25.6. The predicted molar refractivity (Wildman–Crippen MR) is 199 cm³/mol. The van der Waals surface area contributed by atoms with Crippen molar-refractivity contribution in [3.8, 4) is 11.3 Å². The molecule has 14 nitrogen and oxygen atoms in total. The van der Waals surface area contributed by atoms with Crippen LogP contribution in [0.1, 0.15) is 51.8 Å². The first-order valence-corrected chi connectivity index (χ1v) is 16.6. The van der Waals surface area contributed by atoms with E-state index < -0.39 is 23.9 Å². The topological polar surface area (TPSA) is 187 Å². The highest BCUT2D eigenvalue weighted by atomic mass is 35.5. The van der Waals surface area contributed by atoms with E-state index in [-0.39, 0.29) is 23.2 Å². The molecule has 4 N–H and O–H groups in total. The maximum atomic E-state index is 12.1. The zero-order valence-corrected chi connectivity index (χ0v) is 29.7. The minimum Gasteiger partial charge on any atom is -0.462 e. The summed E-state index contributed by atoms with van der Waals surface area (Å²) in [4.78, 5) is 62.9. The van der Waals surface area contributed by atoms with Crippen molar-refractivity contribution in [2.75, 3.05) is 41.1 Å². The molecular weight excluding hydrogens is 706 g/mol. The molecular formula is C38H36ClN5O9. The molecule has 0 atom stereocenters. The molecule has 1 aromatic heterocycles. The summed E-state index contributed by atoms with van der Waals surface area (Å²) in [5, 5.41) is 10.8. The van der Waals surface area contributed by atoms with Crippen molar-refractivity contribution in [3.05, 3.63) is 125 Å². The second-order valence-corrected chi connectivity index (χ2v) is 11.0. The Bertz CT molecular complexity index is 2000. The van der Waals surface area contributed by atoms with Crippen LogP contribution in [0.25, 0.3) is 11.3 Å². The van der Waals surface area contributed by atoms with Gasteiger partial charge in [-0.15, -0.1) is 0 Å². The fourth-order valence-electron chi connectivity index (χ4n) is 4.44. The Morgan fingerprint density at radius 1 is 0.585 bits per heavy atom. The van der Waals surface area contributed by atoms with Gasteiger partial charge in [0, 0.05) is 28.3 Å². The Balaban J connectivity index is 0.000000237. The van der Waals surface area contributed by atoms with E-state index in [0.29, 0.717) is 52.9 Å². The second kappa shape index (κ2) is 19.7. The van der Waals surface area contributed by atoms with Gasteiger partial charge in [0.15, 0.2) is 12.2 Å². The number of ether oxygens (including phenoxy) is 3. The van der Waals surface area contributed by atoms with E-state index in [9.17, 15) is 24.0 Å². The highest BCUT2D eigenvalue weighted by Crippen LogP contribution is 2.23. The number of urea groups is 2. The van der Waals surface area contributed by atoms with Crippen LogP contribution in [0.3, 0.4) is 0 Å². The SMILES string of the molecule is CCOC(=O)c1ccc(NC(=O)Nc2ccc(-c3cnco3)cc2)cc1.CCOC(=O)c1ccc(NC(=O)Nc2ccc(C(=O)OCC)c(Cl)c2)cc1. The normalized spacial score (nSPS) is 10.1. The lowest BCUT2D eigenvalue weighted by atomic mass is 10.2. The van der Waals surface area contributed by atoms with Gasteiger partial charge in [-0.05, 0) is 112 Å². The van der Waals surface area contributed by atoms with Gasteiger partial charge >= 0.3 is 30.0 Å². The smallest absolute Gasteiger partial charge is 0.339 e. The molecule has 4 amide bonds. The molecule has 0 saturated carbocycles. The van der Waals surface area contributed by atoms with Crippen molar-refractivity contribution >= 4 is 64.3 Å². The van der Waals surface area contributed by atoms with E-state index in [2.05, 4.69) is 26.3 Å². The molecule has 5 aromatic rings. The highest BCUT2D eigenvalue weighted by molar-refractivity contribution is 6.34. The number of esters is 3. The van der Waals surface area contributed by atoms with Gasteiger partial charge in [0.05, 0.1) is 47.7 Å². The third-order valence-corrected chi connectivity index (χ3v) is 7.20. The Hall–Kier alpha value is -6.67. The number of nitrogens with zero attached hydrogens (tertiary/aromatic N) is 1. The molecule has 0 spiro atoms. The summed E-state index contributed by atoms with van der Waals surface area (Å²) in [6, 6.07) is 23.5. The molecule has 274 valence electrons. The average molecular weight is 742 g/mol. The molecule has 1 heterocycles. The number of hydrogen-bond donors (Lipinski definition) is 4. The monoisotopic (exact) mass is 741 g/mol. The van der Waals surface area contributed by atoms with Crippen LogP contribution in [0.4, 0.5) is 32.3 Å². The lowest BCUT2D eigenvalue weighted by Gasteiger charge is -2.10. The van der Waals surface area contributed by atoms with Gasteiger partial charge in [-0.3, -0.25) is 0 Å². The van der Waals surface area contributed by atoms with E-state index in [1.807, 2.05) is 12.1 Å². The van der Waals surface area contributed by atoms with Crippen molar-refractivity contribution in [3.63, 3.8) is 0 Å². The van der Waals surface area contributed by atoms with E-state index in [1.54, 1.807) is 93.7 Å². The van der Waals surface area contributed by atoms with Crippen molar-refractivity contribution in [1.82, 2.24) is 4.98 Å². The molecule has 0 saturated heterocycles. The summed E-state index contributed by atoms with van der Waals surface area (Å²) in [5.41, 5.74) is 4.01. The minimum absolute atomic E-state index is 0.171. The molecule has 0 fully saturated rings. The van der Waals surface area contributed by atoms with E-state index in [0.717, 1.165) is 5.56 Å². The number of oxazole rings is 1. The molecule has 0 bridgehead atoms. The number of hydrogen-bond acceptors (Lipinski definition) is 10. The zero-order chi connectivity index (χ0) is 38.2. The Morgan fingerprint density at radius 3 is 1.42 bits per heavy atom. The van der Waals surface area contributed by atoms with Crippen LogP contribution in [-0.2, 0) is 14.2 Å². The number of aromatic nitrogens is 1. The van der Waals surface area contributed by atoms with E-state index >= 15 is 0 Å². The summed E-state index contributed by atoms with van der Waals surface area (Å²) in [7, 11) is 0. The first-order valence-electron chi connectivity index (χ1n) is 16.3. The van der Waals surface area contributed by atoms with Crippen LogP contribution < -0.4 is 21.3 Å². The average Bonchev–Trinajstić information content (AvgIpc) is 3.68. The summed E-state index contributed by atoms with van der Waals surface area (Å²) >= 11 is 6.06. The van der Waals surface area contributed by atoms with Gasteiger partial charge in [-0.1, -0.05) is 11.6 Å². The lowest BCUT2D eigenvalue weighted by Crippen LogP contribution is -2.19. The zero-order valence-electron chi connectivity index (χ0n) is 28.9. The lowest BCUT2D eigenvalue weighted by molar-refractivity contribution is 0.0517. The predicted octanol–water partition coefficient (Wildman–Crippen LogP) is 8.50. The van der Waals surface area contributed by atoms with Gasteiger partial charge in [0.25, 0.3) is 0 Å². The number of nitrogens with one attached hydrogen (secondary N) is 4. The standard InChI is InChI=1S/C19H19ClN2O5.C19H17N3O4/c1-3-26-17(23)12-5-7-13(8-6-12)21-19(25)22-14-9-10-15(16(20)11-14)18(24)27-4-2;1-2-25-18(23)14-5-9-16(10-6-14)22-19(24)21-15-7-3-13(4-8-15)17-11-20-12-26-17/h5-11H,3-4H2,1-2H3,(H2,21,22,25);3-12H,2H2,1H3,(H2,21,22,24). The largest absolute Gasteiger partial charge is 0.462 e. The number of amides is 4. The van der Waals surface area contributed by atoms with Crippen molar-refractivity contribution in [2.45, 2.75) is 20.8 Å². The van der Waals surface area contributed by atoms with Gasteiger partial charge in [0.2, 0.25) is 0 Å². The van der Waals surface area contributed by atoms with Crippen LogP contribution >= 0.6 is 11.6 Å². The molecule has 53 heavy (non-hydrogen) atoms. The maximum absolute atomic E-state index is 12.1. The Morgan fingerprint density at radius 2 is 1.00 bits per heavy atom. The van der Waals surface area contributed by atoms with Crippen LogP contribution in [0.5, 0.6) is 0 Å².